The second kappa shape index (κ2) is 6.68. The van der Waals surface area contributed by atoms with Gasteiger partial charge in [0.05, 0.1) is 12.1 Å². The Balaban J connectivity index is 1.74. The van der Waals surface area contributed by atoms with E-state index in [9.17, 15) is 19.1 Å². The second-order valence-electron chi connectivity index (χ2n) is 5.88. The Labute approximate surface area is 142 Å². The van der Waals surface area contributed by atoms with Gasteiger partial charge in [0.25, 0.3) is 0 Å². The van der Waals surface area contributed by atoms with Gasteiger partial charge in [-0.05, 0) is 31.9 Å². The average Bonchev–Trinajstić information content (AvgIpc) is 3.25. The topological polar surface area (TPSA) is 70.5 Å². The number of benzene rings is 1. The number of rotatable bonds is 6. The first-order valence-corrected chi connectivity index (χ1v) is 8.58. The Morgan fingerprint density at radius 2 is 2.21 bits per heavy atom. The lowest BCUT2D eigenvalue weighted by molar-refractivity contribution is -0.149. The standard InChI is InChI=1S/C17H17FN2O3S/c1-10(17(22)23)20(14-5-6-14)15(21)8-13-9-24-16(19-13)11-3-2-4-12(18)7-11/h2-4,7,9-10,14H,5-6,8H2,1H3,(H,22,23). The summed E-state index contributed by atoms with van der Waals surface area (Å²) in [6, 6.07) is 5.31. The van der Waals surface area contributed by atoms with E-state index in [2.05, 4.69) is 4.98 Å². The second-order valence-corrected chi connectivity index (χ2v) is 6.74. The molecule has 5 nitrogen and oxygen atoms in total. The van der Waals surface area contributed by atoms with E-state index in [1.807, 2.05) is 0 Å². The predicted octanol–water partition coefficient (Wildman–Crippen LogP) is 2.96. The normalized spacial score (nSPS) is 15.1. The van der Waals surface area contributed by atoms with Crippen molar-refractivity contribution >= 4 is 23.2 Å². The van der Waals surface area contributed by atoms with Crippen molar-refractivity contribution in [2.45, 2.75) is 38.3 Å². The van der Waals surface area contributed by atoms with Gasteiger partial charge in [0.2, 0.25) is 5.91 Å². The zero-order valence-electron chi connectivity index (χ0n) is 13.1. The van der Waals surface area contributed by atoms with Gasteiger partial charge in [-0.1, -0.05) is 12.1 Å². The fourth-order valence-corrected chi connectivity index (χ4v) is 3.41. The third-order valence-corrected chi connectivity index (χ3v) is 4.90. The molecular weight excluding hydrogens is 331 g/mol. The first-order valence-electron chi connectivity index (χ1n) is 7.70. The summed E-state index contributed by atoms with van der Waals surface area (Å²) in [5.41, 5.74) is 1.24. The molecule has 1 heterocycles. The Hall–Kier alpha value is -2.28. The molecule has 0 aliphatic heterocycles. The number of thiazole rings is 1. The zero-order chi connectivity index (χ0) is 17.3. The molecule has 2 aromatic rings. The highest BCUT2D eigenvalue weighted by atomic mass is 32.1. The molecule has 0 saturated heterocycles. The van der Waals surface area contributed by atoms with E-state index in [4.69, 9.17) is 0 Å². The molecule has 0 spiro atoms. The number of aliphatic carboxylic acids is 1. The van der Waals surface area contributed by atoms with Crippen molar-refractivity contribution in [1.29, 1.82) is 0 Å². The van der Waals surface area contributed by atoms with Crippen LogP contribution in [0.25, 0.3) is 10.6 Å². The van der Waals surface area contributed by atoms with Crippen LogP contribution in [-0.4, -0.2) is 39.0 Å². The third kappa shape index (κ3) is 3.62. The number of hydrogen-bond acceptors (Lipinski definition) is 4. The highest BCUT2D eigenvalue weighted by Crippen LogP contribution is 2.30. The number of carbonyl (C=O) groups excluding carboxylic acids is 1. The number of carbonyl (C=O) groups is 2. The number of carboxylic acid groups (broad SMARTS) is 1. The van der Waals surface area contributed by atoms with Crippen molar-refractivity contribution in [3.8, 4) is 10.6 Å². The molecule has 1 aromatic heterocycles. The molecule has 1 N–H and O–H groups in total. The zero-order valence-corrected chi connectivity index (χ0v) is 13.9. The molecule has 3 rings (SSSR count). The lowest BCUT2D eigenvalue weighted by atomic mass is 10.2. The summed E-state index contributed by atoms with van der Waals surface area (Å²) < 4.78 is 13.3. The Bertz CT molecular complexity index is 773. The quantitative estimate of drug-likeness (QED) is 0.871. The SMILES string of the molecule is CC(C(=O)O)N(C(=O)Cc1csc(-c2cccc(F)c2)n1)C1CC1. The fraction of sp³-hybridized carbons (Fsp3) is 0.353. The van der Waals surface area contributed by atoms with E-state index in [1.165, 1.54) is 35.3 Å². The van der Waals surface area contributed by atoms with Crippen molar-refractivity contribution in [2.75, 3.05) is 0 Å². The van der Waals surface area contributed by atoms with Crippen LogP contribution in [0.5, 0.6) is 0 Å². The molecule has 126 valence electrons. The van der Waals surface area contributed by atoms with E-state index in [-0.39, 0.29) is 24.2 Å². The van der Waals surface area contributed by atoms with E-state index in [0.717, 1.165) is 12.8 Å². The summed E-state index contributed by atoms with van der Waals surface area (Å²) in [5, 5.41) is 11.6. The minimum Gasteiger partial charge on any atom is -0.480 e. The monoisotopic (exact) mass is 348 g/mol. The van der Waals surface area contributed by atoms with Gasteiger partial charge in [-0.25, -0.2) is 14.2 Å². The Morgan fingerprint density at radius 3 is 2.83 bits per heavy atom. The average molecular weight is 348 g/mol. The van der Waals surface area contributed by atoms with Crippen LogP contribution in [0.3, 0.4) is 0 Å². The number of halogens is 1. The largest absolute Gasteiger partial charge is 0.480 e. The third-order valence-electron chi connectivity index (χ3n) is 3.96. The van der Waals surface area contributed by atoms with E-state index >= 15 is 0 Å². The van der Waals surface area contributed by atoms with Gasteiger partial charge in [-0.15, -0.1) is 11.3 Å². The summed E-state index contributed by atoms with van der Waals surface area (Å²) in [5.74, 6) is -1.58. The number of aromatic nitrogens is 1. The predicted molar refractivity (Wildman–Crippen MR) is 88.2 cm³/mol. The lowest BCUT2D eigenvalue weighted by Gasteiger charge is -2.26. The van der Waals surface area contributed by atoms with Crippen molar-refractivity contribution < 1.29 is 19.1 Å². The molecule has 24 heavy (non-hydrogen) atoms. The van der Waals surface area contributed by atoms with Gasteiger partial charge in [-0.2, -0.15) is 0 Å². The molecule has 1 aliphatic rings. The summed E-state index contributed by atoms with van der Waals surface area (Å²) >= 11 is 1.34. The Kier molecular flexibility index (Phi) is 4.62. The van der Waals surface area contributed by atoms with Gasteiger partial charge in [0, 0.05) is 17.0 Å². The maximum absolute atomic E-state index is 13.3. The number of hydrogen-bond donors (Lipinski definition) is 1. The van der Waals surface area contributed by atoms with Gasteiger partial charge >= 0.3 is 5.97 Å². The van der Waals surface area contributed by atoms with Gasteiger partial charge in [0.15, 0.2) is 0 Å². The molecule has 1 fully saturated rings. The van der Waals surface area contributed by atoms with E-state index in [1.54, 1.807) is 17.5 Å². The van der Waals surface area contributed by atoms with Crippen molar-refractivity contribution in [2.24, 2.45) is 0 Å². The van der Waals surface area contributed by atoms with Crippen LogP contribution in [0.1, 0.15) is 25.5 Å². The van der Waals surface area contributed by atoms with Crippen molar-refractivity contribution in [3.63, 3.8) is 0 Å². The first kappa shape index (κ1) is 16.6. The molecule has 7 heteroatoms. The molecule has 1 atom stereocenters. The van der Waals surface area contributed by atoms with Crippen LogP contribution >= 0.6 is 11.3 Å². The smallest absolute Gasteiger partial charge is 0.326 e. The molecule has 1 saturated carbocycles. The molecule has 1 aromatic carbocycles. The van der Waals surface area contributed by atoms with Crippen LogP contribution in [0.4, 0.5) is 4.39 Å². The summed E-state index contributed by atoms with van der Waals surface area (Å²) in [6.45, 7) is 1.53. The number of nitrogens with zero attached hydrogens (tertiary/aromatic N) is 2. The number of carboxylic acids is 1. The number of amides is 1. The van der Waals surface area contributed by atoms with E-state index < -0.39 is 12.0 Å². The Morgan fingerprint density at radius 1 is 1.46 bits per heavy atom. The molecule has 0 radical (unpaired) electrons. The highest BCUT2D eigenvalue weighted by Gasteiger charge is 2.38. The van der Waals surface area contributed by atoms with Crippen LogP contribution in [0.2, 0.25) is 0 Å². The summed E-state index contributed by atoms with van der Waals surface area (Å²) in [7, 11) is 0. The van der Waals surface area contributed by atoms with Crippen LogP contribution in [0.15, 0.2) is 29.6 Å². The van der Waals surface area contributed by atoms with Crippen molar-refractivity contribution in [3.05, 3.63) is 41.2 Å². The van der Waals surface area contributed by atoms with Gasteiger partial charge in [-0.3, -0.25) is 4.79 Å². The van der Waals surface area contributed by atoms with Crippen LogP contribution in [0, 0.1) is 5.82 Å². The summed E-state index contributed by atoms with van der Waals surface area (Å²) in [6.07, 6.45) is 1.74. The van der Waals surface area contributed by atoms with Gasteiger partial charge < -0.3 is 10.0 Å². The fourth-order valence-electron chi connectivity index (χ4n) is 2.60. The molecule has 1 amide bonds. The summed E-state index contributed by atoms with van der Waals surface area (Å²) in [4.78, 5) is 29.5. The minimum absolute atomic E-state index is 0.0184. The van der Waals surface area contributed by atoms with Gasteiger partial charge in [0.1, 0.15) is 16.9 Å². The molecule has 1 unspecified atom stereocenters. The van der Waals surface area contributed by atoms with Crippen molar-refractivity contribution in [1.82, 2.24) is 9.88 Å². The van der Waals surface area contributed by atoms with Crippen LogP contribution < -0.4 is 0 Å². The maximum atomic E-state index is 13.3. The molecule has 1 aliphatic carbocycles. The van der Waals surface area contributed by atoms with E-state index in [0.29, 0.717) is 16.3 Å². The maximum Gasteiger partial charge on any atom is 0.326 e. The first-order chi connectivity index (χ1) is 11.5. The lowest BCUT2D eigenvalue weighted by Crippen LogP contribution is -2.45. The molecule has 0 bridgehead atoms. The minimum atomic E-state index is -1.01. The highest BCUT2D eigenvalue weighted by molar-refractivity contribution is 7.13. The molecular formula is C17H17FN2O3S. The van der Waals surface area contributed by atoms with Crippen LogP contribution in [-0.2, 0) is 16.0 Å².